The molecule has 14 heteroatoms. The largest absolute Gasteiger partial charge is 0.391 e. The number of nitrogens with zero attached hydrogens (tertiary/aromatic N) is 3. The minimum atomic E-state index is -0.889. The van der Waals surface area contributed by atoms with Crippen molar-refractivity contribution in [3.8, 4) is 10.4 Å². The fourth-order valence-corrected chi connectivity index (χ4v) is 8.95. The molecule has 63 heavy (non-hydrogen) atoms. The summed E-state index contributed by atoms with van der Waals surface area (Å²) in [7, 11) is 0. The van der Waals surface area contributed by atoms with E-state index < -0.39 is 29.5 Å². The summed E-state index contributed by atoms with van der Waals surface area (Å²) >= 11 is 1.58. The monoisotopic (exact) mass is 875 g/mol. The van der Waals surface area contributed by atoms with Crippen LogP contribution in [0.2, 0.25) is 0 Å². The van der Waals surface area contributed by atoms with Crippen LogP contribution in [0.25, 0.3) is 27.4 Å². The van der Waals surface area contributed by atoms with Crippen molar-refractivity contribution >= 4 is 51.9 Å². The zero-order chi connectivity index (χ0) is 45.1. The lowest BCUT2D eigenvalue weighted by Gasteiger charge is -2.35. The molecule has 6 rings (SSSR count). The normalized spacial score (nSPS) is 16.4. The standard InChI is InChI=1S/C49H61N7O6S/c1-32(36-19-21-37(22-20-36)45-33(2)51-31-63-45)52-47(60)42-27-39(57)30-56(42)48(61)46(49(3,4)5)53-43(58)13-7-6-10-25-55(26-24-38-28-50-41-12-9-8-11-40(38)41)29-35-16-14-34(15-17-35)18-23-44(59)54-62/h8-9,11-12,14-23,28,31-32,39,42,46,50,57,62H,6-7,10,13,24-27,29-30H2,1-5H3,(H,52,60)(H,53,58)(H,54,59)/b23-18+/t32-,39+,42+,46+/m1/s1. The number of hydrogen-bond acceptors (Lipinski definition) is 9. The van der Waals surface area contributed by atoms with E-state index in [1.165, 1.54) is 21.9 Å². The maximum Gasteiger partial charge on any atom is 0.267 e. The Bertz CT molecular complexity index is 2350. The van der Waals surface area contributed by atoms with Gasteiger partial charge in [0.05, 0.1) is 28.2 Å². The highest BCUT2D eigenvalue weighted by molar-refractivity contribution is 7.13. The van der Waals surface area contributed by atoms with Crippen molar-refractivity contribution < 1.29 is 29.5 Å². The smallest absolute Gasteiger partial charge is 0.267 e. The number of aromatic nitrogens is 2. The van der Waals surface area contributed by atoms with E-state index in [4.69, 9.17) is 5.21 Å². The van der Waals surface area contributed by atoms with E-state index in [2.05, 4.69) is 49.9 Å². The molecule has 1 aliphatic rings. The number of nitrogens with one attached hydrogen (secondary N) is 4. The number of para-hydroxylation sites is 1. The van der Waals surface area contributed by atoms with Gasteiger partial charge in [0.25, 0.3) is 5.91 Å². The van der Waals surface area contributed by atoms with Crippen molar-refractivity contribution in [3.63, 3.8) is 0 Å². The van der Waals surface area contributed by atoms with E-state index in [1.807, 2.05) is 94.7 Å². The molecule has 4 atom stereocenters. The Kier molecular flexibility index (Phi) is 16.1. The van der Waals surface area contributed by atoms with E-state index in [0.29, 0.717) is 6.42 Å². The van der Waals surface area contributed by atoms with Crippen LogP contribution in [0.5, 0.6) is 0 Å². The number of aryl methyl sites for hydroxylation is 1. The second-order valence-corrected chi connectivity index (χ2v) is 18.5. The lowest BCUT2D eigenvalue weighted by atomic mass is 9.85. The van der Waals surface area contributed by atoms with Gasteiger partial charge in [-0.1, -0.05) is 93.9 Å². The van der Waals surface area contributed by atoms with E-state index in [-0.39, 0.29) is 43.1 Å². The number of β-amino-alcohol motifs (C(OH)–C–C–N with tert-alkyl or cyclic N) is 1. The van der Waals surface area contributed by atoms with E-state index in [0.717, 1.165) is 77.2 Å². The summed E-state index contributed by atoms with van der Waals surface area (Å²) in [6.07, 6.45) is 7.70. The van der Waals surface area contributed by atoms with Crippen LogP contribution < -0.4 is 16.1 Å². The Hall–Kier alpha value is -5.67. The van der Waals surface area contributed by atoms with Gasteiger partial charge < -0.3 is 25.6 Å². The molecule has 3 heterocycles. The van der Waals surface area contributed by atoms with Gasteiger partial charge in [-0.25, -0.2) is 10.5 Å². The molecule has 334 valence electrons. The number of aliphatic hydroxyl groups is 1. The van der Waals surface area contributed by atoms with Crippen LogP contribution in [0.15, 0.2) is 90.6 Å². The molecule has 5 aromatic rings. The molecule has 13 nitrogen and oxygen atoms in total. The first-order chi connectivity index (χ1) is 30.2. The number of carbonyl (C=O) groups is 4. The molecule has 1 aliphatic heterocycles. The molecule has 0 radical (unpaired) electrons. The highest BCUT2D eigenvalue weighted by Crippen LogP contribution is 2.30. The maximum atomic E-state index is 14.2. The van der Waals surface area contributed by atoms with Crippen LogP contribution in [0.1, 0.15) is 93.8 Å². The number of fused-ring (bicyclic) bond motifs is 1. The molecule has 0 spiro atoms. The van der Waals surface area contributed by atoms with Gasteiger partial charge in [0.1, 0.15) is 12.1 Å². The average molecular weight is 876 g/mol. The third-order valence-electron chi connectivity index (χ3n) is 11.7. The van der Waals surface area contributed by atoms with Crippen LogP contribution >= 0.6 is 11.3 Å². The van der Waals surface area contributed by atoms with Crippen LogP contribution in [0.4, 0.5) is 0 Å². The Morgan fingerprint density at radius 2 is 1.73 bits per heavy atom. The molecular weight excluding hydrogens is 815 g/mol. The molecule has 1 saturated heterocycles. The Morgan fingerprint density at radius 3 is 2.43 bits per heavy atom. The lowest BCUT2D eigenvalue weighted by molar-refractivity contribution is -0.144. The number of aliphatic hydroxyl groups excluding tert-OH is 1. The van der Waals surface area contributed by atoms with Crippen LogP contribution in [-0.2, 0) is 32.1 Å². The molecule has 3 aromatic carbocycles. The van der Waals surface area contributed by atoms with E-state index in [1.54, 1.807) is 22.9 Å². The summed E-state index contributed by atoms with van der Waals surface area (Å²) in [6, 6.07) is 22.1. The first-order valence-electron chi connectivity index (χ1n) is 21.8. The SMILES string of the molecule is Cc1ncsc1-c1ccc([C@@H](C)NC(=O)[C@@H]2C[C@H](O)CN2C(=O)[C@H](NC(=O)CCCCCN(CCc2c[nH]c3ccccc23)Cc2ccc(/C=C/C(=O)NO)cc2)C(C)(C)C)cc1. The topological polar surface area (TPSA) is 180 Å². The van der Waals surface area contributed by atoms with Crippen LogP contribution in [0.3, 0.4) is 0 Å². The lowest BCUT2D eigenvalue weighted by Crippen LogP contribution is -2.57. The minimum Gasteiger partial charge on any atom is -0.391 e. The first kappa shape index (κ1) is 46.8. The highest BCUT2D eigenvalue weighted by atomic mass is 32.1. The second kappa shape index (κ2) is 21.6. The van der Waals surface area contributed by atoms with Gasteiger partial charge >= 0.3 is 0 Å². The number of unbranched alkanes of at least 4 members (excludes halogenated alkanes) is 2. The Morgan fingerprint density at radius 1 is 0.984 bits per heavy atom. The summed E-state index contributed by atoms with van der Waals surface area (Å²) in [5, 5.41) is 26.8. The molecule has 6 N–H and O–H groups in total. The minimum absolute atomic E-state index is 0.0119. The van der Waals surface area contributed by atoms with E-state index in [9.17, 15) is 24.3 Å². The Labute approximate surface area is 374 Å². The molecule has 0 unspecified atom stereocenters. The van der Waals surface area contributed by atoms with Crippen molar-refractivity contribution in [2.45, 2.75) is 104 Å². The summed E-state index contributed by atoms with van der Waals surface area (Å²) < 4.78 is 0. The number of likely N-dealkylation sites (tertiary alicyclic amines) is 1. The van der Waals surface area contributed by atoms with Crippen LogP contribution in [0, 0.1) is 12.3 Å². The van der Waals surface area contributed by atoms with Crippen LogP contribution in [-0.4, -0.2) is 91.5 Å². The number of carbonyl (C=O) groups excluding carboxylic acids is 4. The van der Waals surface area contributed by atoms with Gasteiger partial charge in [0.15, 0.2) is 0 Å². The number of hydroxylamine groups is 1. The van der Waals surface area contributed by atoms with Gasteiger partial charge in [-0.2, -0.15) is 0 Å². The third kappa shape index (κ3) is 12.7. The predicted octanol–water partition coefficient (Wildman–Crippen LogP) is 7.09. The first-order valence-corrected chi connectivity index (χ1v) is 22.6. The van der Waals surface area contributed by atoms with Gasteiger partial charge in [-0.05, 0) is 85.0 Å². The maximum absolute atomic E-state index is 14.2. The number of H-pyrrole nitrogens is 1. The highest BCUT2D eigenvalue weighted by Gasteiger charge is 2.44. The third-order valence-corrected chi connectivity index (χ3v) is 12.7. The fraction of sp³-hybridized carbons (Fsp3) is 0.408. The van der Waals surface area contributed by atoms with Crippen molar-refractivity contribution in [2.24, 2.45) is 5.41 Å². The molecule has 0 aliphatic carbocycles. The number of rotatable bonds is 19. The molecule has 2 aromatic heterocycles. The number of thiazole rings is 1. The van der Waals surface area contributed by atoms with Crippen molar-refractivity contribution in [2.75, 3.05) is 19.6 Å². The number of hydrogen-bond donors (Lipinski definition) is 6. The molecule has 4 amide bonds. The zero-order valence-corrected chi connectivity index (χ0v) is 37.7. The van der Waals surface area contributed by atoms with Gasteiger partial charge in [-0.15, -0.1) is 11.3 Å². The van der Waals surface area contributed by atoms with E-state index >= 15 is 0 Å². The molecular formula is C49H61N7O6S. The summed E-state index contributed by atoms with van der Waals surface area (Å²) in [5.74, 6) is -1.54. The number of benzene rings is 3. The van der Waals surface area contributed by atoms with Gasteiger partial charge in [0, 0.05) is 55.7 Å². The Balaban J connectivity index is 1.01. The quantitative estimate of drug-likeness (QED) is 0.0220. The number of amides is 4. The average Bonchev–Trinajstić information content (AvgIpc) is 4.01. The summed E-state index contributed by atoms with van der Waals surface area (Å²) in [6.45, 7) is 11.9. The molecule has 0 bridgehead atoms. The van der Waals surface area contributed by atoms with Crippen molar-refractivity contribution in [1.29, 1.82) is 0 Å². The predicted molar refractivity (Wildman–Crippen MR) is 248 cm³/mol. The zero-order valence-electron chi connectivity index (χ0n) is 36.9. The number of aromatic amines is 1. The fourth-order valence-electron chi connectivity index (χ4n) is 8.13. The van der Waals surface area contributed by atoms with Gasteiger partial charge in [0.2, 0.25) is 17.7 Å². The second-order valence-electron chi connectivity index (χ2n) is 17.6. The molecule has 1 fully saturated rings. The summed E-state index contributed by atoms with van der Waals surface area (Å²) in [4.78, 5) is 65.5. The van der Waals surface area contributed by atoms with Crippen molar-refractivity contribution in [3.05, 3.63) is 119 Å². The van der Waals surface area contributed by atoms with Gasteiger partial charge in [-0.3, -0.25) is 29.3 Å². The summed E-state index contributed by atoms with van der Waals surface area (Å²) in [5.41, 5.74) is 10.0. The molecule has 0 saturated carbocycles. The van der Waals surface area contributed by atoms with Crippen molar-refractivity contribution in [1.82, 2.24) is 35.9 Å².